The maximum absolute atomic E-state index is 14.9. The Hall–Kier alpha value is -5.01. The summed E-state index contributed by atoms with van der Waals surface area (Å²) in [5.41, 5.74) is -7.01. The van der Waals surface area contributed by atoms with Crippen molar-refractivity contribution in [1.82, 2.24) is 19.1 Å². The van der Waals surface area contributed by atoms with E-state index in [9.17, 15) is 41.2 Å². The number of carbonyl (C=O) groups excluding carboxylic acids is 2. The largest absolute Gasteiger partial charge is 0.496 e. The standard InChI is InChI=1S/C31H32F6N6O5/c1-14-11-12-17(46-10)15(2)20(14)42-21-18(22(30(32,33)34)40-23-19(21)39-25(41(23)9)31(35,36)37)16(13-38)24(42)43(26(44)47-28(3,4)5)27(45)48-29(6,7)8/h11-12H,1-10H3. The molecule has 1 aromatic carbocycles. The summed E-state index contributed by atoms with van der Waals surface area (Å²) in [7, 11) is 2.15. The number of hydrogen-bond acceptors (Lipinski definition) is 8. The van der Waals surface area contributed by atoms with Gasteiger partial charge in [0, 0.05) is 12.6 Å². The Bertz CT molecular complexity index is 1980. The van der Waals surface area contributed by atoms with Gasteiger partial charge in [-0.3, -0.25) is 4.57 Å². The van der Waals surface area contributed by atoms with E-state index in [0.29, 0.717) is 10.1 Å². The average molecular weight is 683 g/mol. The van der Waals surface area contributed by atoms with Crippen LogP contribution < -0.4 is 9.64 Å². The Balaban J connectivity index is 2.45. The highest BCUT2D eigenvalue weighted by Crippen LogP contribution is 2.47. The number of anilines is 1. The van der Waals surface area contributed by atoms with E-state index in [1.807, 2.05) is 0 Å². The van der Waals surface area contributed by atoms with Crippen molar-refractivity contribution in [3.8, 4) is 17.5 Å². The second-order valence-corrected chi connectivity index (χ2v) is 12.8. The molecule has 2 amide bonds. The second-order valence-electron chi connectivity index (χ2n) is 12.8. The first-order chi connectivity index (χ1) is 21.8. The second kappa shape index (κ2) is 11.6. The summed E-state index contributed by atoms with van der Waals surface area (Å²) in [5.74, 6) is -2.22. The summed E-state index contributed by atoms with van der Waals surface area (Å²) in [6.07, 6.45) is -13.4. The van der Waals surface area contributed by atoms with E-state index in [2.05, 4.69) is 9.97 Å². The van der Waals surface area contributed by atoms with Crippen LogP contribution in [-0.2, 0) is 28.9 Å². The number of benzene rings is 1. The normalized spacial score (nSPS) is 12.7. The van der Waals surface area contributed by atoms with Gasteiger partial charge in [0.2, 0.25) is 5.82 Å². The number of methoxy groups -OCH3 is 1. The number of carbonyl (C=O) groups is 2. The lowest BCUT2D eigenvalue weighted by molar-refractivity contribution is -0.146. The molecule has 0 atom stereocenters. The molecule has 4 rings (SSSR count). The van der Waals surface area contributed by atoms with E-state index in [4.69, 9.17) is 14.2 Å². The number of imidazole rings is 1. The number of imide groups is 1. The van der Waals surface area contributed by atoms with E-state index >= 15 is 0 Å². The molecule has 4 aromatic rings. The molecule has 0 aliphatic carbocycles. The fourth-order valence-corrected chi connectivity index (χ4v) is 5.19. The quantitative estimate of drug-likeness (QED) is 0.199. The first-order valence-electron chi connectivity index (χ1n) is 14.2. The minimum atomic E-state index is -5.36. The number of hydrogen-bond donors (Lipinski definition) is 0. The maximum atomic E-state index is 14.9. The van der Waals surface area contributed by atoms with Crippen LogP contribution in [0.25, 0.3) is 27.8 Å². The Kier molecular flexibility index (Phi) is 8.66. The maximum Gasteiger partial charge on any atom is 0.449 e. The minimum absolute atomic E-state index is 0.0344. The van der Waals surface area contributed by atoms with Crippen LogP contribution in [0.1, 0.15) is 69.8 Å². The van der Waals surface area contributed by atoms with Crippen molar-refractivity contribution in [1.29, 1.82) is 5.26 Å². The molecule has 0 saturated carbocycles. The number of aromatic nitrogens is 4. The number of fused-ring (bicyclic) bond motifs is 3. The van der Waals surface area contributed by atoms with Crippen LogP contribution in [0.2, 0.25) is 0 Å². The number of nitrogens with zero attached hydrogens (tertiary/aromatic N) is 6. The molecule has 11 nitrogen and oxygen atoms in total. The molecule has 3 aromatic heterocycles. The molecule has 3 heterocycles. The van der Waals surface area contributed by atoms with Crippen LogP contribution in [0.4, 0.5) is 41.7 Å². The molecular formula is C31H32F6N6O5. The molecule has 0 spiro atoms. The molecule has 0 unspecified atom stereocenters. The van der Waals surface area contributed by atoms with Crippen LogP contribution in [0.3, 0.4) is 0 Å². The fourth-order valence-electron chi connectivity index (χ4n) is 5.19. The van der Waals surface area contributed by atoms with Crippen molar-refractivity contribution in [2.45, 2.75) is 78.9 Å². The number of alkyl halides is 6. The summed E-state index contributed by atoms with van der Waals surface area (Å²) in [6.45, 7) is 11.8. The Morgan fingerprint density at radius 1 is 0.896 bits per heavy atom. The summed E-state index contributed by atoms with van der Waals surface area (Å²) < 4.78 is 105. The number of aryl methyl sites for hydroxylation is 2. The van der Waals surface area contributed by atoms with Gasteiger partial charge in [0.15, 0.2) is 17.2 Å². The topological polar surface area (TPSA) is 124 Å². The van der Waals surface area contributed by atoms with E-state index in [1.54, 1.807) is 6.07 Å². The minimum Gasteiger partial charge on any atom is -0.496 e. The number of halogens is 6. The molecule has 48 heavy (non-hydrogen) atoms. The number of pyridine rings is 1. The van der Waals surface area contributed by atoms with Crippen LogP contribution in [-0.4, -0.2) is 49.6 Å². The zero-order chi connectivity index (χ0) is 36.5. The van der Waals surface area contributed by atoms with Crippen LogP contribution in [0.5, 0.6) is 5.75 Å². The van der Waals surface area contributed by atoms with Gasteiger partial charge < -0.3 is 18.8 Å². The lowest BCUT2D eigenvalue weighted by Gasteiger charge is -2.30. The third-order valence-corrected chi connectivity index (χ3v) is 6.91. The highest BCUT2D eigenvalue weighted by molar-refractivity contribution is 6.16. The van der Waals surface area contributed by atoms with Crippen LogP contribution in [0, 0.1) is 25.2 Å². The molecular weight excluding hydrogens is 650 g/mol. The molecule has 0 fully saturated rings. The van der Waals surface area contributed by atoms with Gasteiger partial charge >= 0.3 is 24.5 Å². The first kappa shape index (κ1) is 35.8. The SMILES string of the molecule is COc1ccc(C)c(-n2c(N(C(=O)OC(C)(C)C)C(=O)OC(C)(C)C)c(C#N)c3c(C(F)(F)F)nc4c(nc(C(F)(F)F)n4C)c32)c1C. The lowest BCUT2D eigenvalue weighted by Crippen LogP contribution is -2.45. The molecule has 0 aliphatic heterocycles. The Morgan fingerprint density at radius 3 is 1.88 bits per heavy atom. The van der Waals surface area contributed by atoms with Crippen molar-refractivity contribution in [3.05, 3.63) is 40.3 Å². The molecule has 0 saturated heterocycles. The number of nitriles is 1. The van der Waals surface area contributed by atoms with Crippen molar-refractivity contribution in [2.75, 3.05) is 12.0 Å². The summed E-state index contributed by atoms with van der Waals surface area (Å²) in [6, 6.07) is 4.66. The Labute approximate surface area is 270 Å². The molecule has 0 N–H and O–H groups in total. The zero-order valence-electron chi connectivity index (χ0n) is 27.6. The average Bonchev–Trinajstić information content (AvgIpc) is 3.41. The van der Waals surface area contributed by atoms with E-state index < -0.39 is 80.7 Å². The summed E-state index contributed by atoms with van der Waals surface area (Å²) in [4.78, 5) is 35.2. The zero-order valence-corrected chi connectivity index (χ0v) is 27.6. The van der Waals surface area contributed by atoms with Crippen molar-refractivity contribution >= 4 is 40.1 Å². The number of rotatable bonds is 3. The van der Waals surface area contributed by atoms with Gasteiger partial charge in [0.05, 0.1) is 23.7 Å². The van der Waals surface area contributed by atoms with Crippen molar-refractivity contribution in [2.24, 2.45) is 7.05 Å². The van der Waals surface area contributed by atoms with Gasteiger partial charge in [-0.25, -0.2) is 19.6 Å². The van der Waals surface area contributed by atoms with Crippen molar-refractivity contribution in [3.63, 3.8) is 0 Å². The van der Waals surface area contributed by atoms with Gasteiger partial charge in [-0.1, -0.05) is 6.07 Å². The number of ether oxygens (including phenoxy) is 3. The van der Waals surface area contributed by atoms with Gasteiger partial charge in [0.25, 0.3) is 0 Å². The smallest absolute Gasteiger partial charge is 0.449 e. The highest BCUT2D eigenvalue weighted by atomic mass is 19.4. The van der Waals surface area contributed by atoms with E-state index in [0.717, 1.165) is 11.6 Å². The number of amides is 2. The third-order valence-electron chi connectivity index (χ3n) is 6.91. The van der Waals surface area contributed by atoms with Gasteiger partial charge in [-0.15, -0.1) is 0 Å². The molecule has 0 aliphatic rings. The van der Waals surface area contributed by atoms with E-state index in [-0.39, 0.29) is 21.9 Å². The van der Waals surface area contributed by atoms with Crippen LogP contribution in [0.15, 0.2) is 12.1 Å². The monoisotopic (exact) mass is 682 g/mol. The van der Waals surface area contributed by atoms with Crippen molar-refractivity contribution < 1.29 is 50.1 Å². The van der Waals surface area contributed by atoms with E-state index in [1.165, 1.54) is 74.6 Å². The molecule has 0 radical (unpaired) electrons. The van der Waals surface area contributed by atoms with Gasteiger partial charge in [0.1, 0.15) is 34.1 Å². The van der Waals surface area contributed by atoms with Gasteiger partial charge in [-0.05, 0) is 67.0 Å². The third kappa shape index (κ3) is 6.30. The lowest BCUT2D eigenvalue weighted by atomic mass is 10.1. The molecule has 17 heteroatoms. The predicted molar refractivity (Wildman–Crippen MR) is 161 cm³/mol. The predicted octanol–water partition coefficient (Wildman–Crippen LogP) is 8.12. The van der Waals surface area contributed by atoms with Gasteiger partial charge in [-0.2, -0.15) is 36.5 Å². The molecule has 258 valence electrons. The highest BCUT2D eigenvalue weighted by Gasteiger charge is 2.45. The summed E-state index contributed by atoms with van der Waals surface area (Å²) >= 11 is 0. The summed E-state index contributed by atoms with van der Waals surface area (Å²) in [5, 5.41) is 9.51. The fraction of sp³-hybridized carbons (Fsp3) is 0.452. The Morgan fingerprint density at radius 2 is 1.44 bits per heavy atom. The van der Waals surface area contributed by atoms with Crippen LogP contribution >= 0.6 is 0 Å². The first-order valence-corrected chi connectivity index (χ1v) is 14.2. The molecule has 0 bridgehead atoms.